The minimum absolute atomic E-state index is 0.291. The van der Waals surface area contributed by atoms with Crippen LogP contribution in [0.3, 0.4) is 0 Å². The van der Waals surface area contributed by atoms with Gasteiger partial charge in [0.2, 0.25) is 10.0 Å². The number of hydrogen-bond donors (Lipinski definition) is 2. The maximum atomic E-state index is 13.3. The van der Waals surface area contributed by atoms with Gasteiger partial charge in [-0.15, -0.1) is 0 Å². The van der Waals surface area contributed by atoms with Crippen molar-refractivity contribution in [2.75, 3.05) is 17.8 Å². The smallest absolute Gasteiger partial charge is 0.236 e. The normalized spacial score (nSPS) is 20.5. The Labute approximate surface area is 113 Å². The molecule has 1 fully saturated rings. The zero-order chi connectivity index (χ0) is 12.5. The Balaban J connectivity index is 2.23. The highest BCUT2D eigenvalue weighted by Gasteiger charge is 2.29. The van der Waals surface area contributed by atoms with Gasteiger partial charge in [-0.1, -0.05) is 6.07 Å². The average Bonchev–Trinajstić information content (AvgIpc) is 2.78. The maximum Gasteiger partial charge on any atom is 0.236 e. The highest BCUT2D eigenvalue weighted by molar-refractivity contribution is 14.1. The molecule has 7 heteroatoms. The van der Waals surface area contributed by atoms with Crippen LogP contribution in [0.1, 0.15) is 6.42 Å². The van der Waals surface area contributed by atoms with E-state index in [4.69, 9.17) is 0 Å². The molecule has 0 radical (unpaired) electrons. The van der Waals surface area contributed by atoms with Crippen LogP contribution >= 0.6 is 22.6 Å². The SMILES string of the molecule is O=S(=O)(Nc1cccc(F)c1I)C1CCNC1. The molecule has 0 aliphatic carbocycles. The Morgan fingerprint density at radius 1 is 1.47 bits per heavy atom. The van der Waals surface area contributed by atoms with Crippen molar-refractivity contribution in [2.24, 2.45) is 0 Å². The molecular weight excluding hydrogens is 358 g/mol. The molecule has 1 aliphatic rings. The van der Waals surface area contributed by atoms with E-state index >= 15 is 0 Å². The number of rotatable bonds is 3. The summed E-state index contributed by atoms with van der Waals surface area (Å²) in [5.74, 6) is -0.421. The van der Waals surface area contributed by atoms with Crippen molar-refractivity contribution < 1.29 is 12.8 Å². The second kappa shape index (κ2) is 5.07. The Kier molecular flexibility index (Phi) is 3.88. The fraction of sp³-hybridized carbons (Fsp3) is 0.400. The number of anilines is 1. The lowest BCUT2D eigenvalue weighted by Crippen LogP contribution is -2.30. The van der Waals surface area contributed by atoms with Gasteiger partial charge in [0.1, 0.15) is 5.82 Å². The van der Waals surface area contributed by atoms with Gasteiger partial charge in [0.25, 0.3) is 0 Å². The van der Waals surface area contributed by atoms with Crippen LogP contribution in [0, 0.1) is 9.39 Å². The monoisotopic (exact) mass is 370 g/mol. The molecule has 1 unspecified atom stereocenters. The molecule has 0 spiro atoms. The predicted octanol–water partition coefficient (Wildman–Crippen LogP) is 1.53. The molecule has 0 saturated carbocycles. The van der Waals surface area contributed by atoms with Crippen LogP contribution in [0.2, 0.25) is 0 Å². The largest absolute Gasteiger partial charge is 0.315 e. The third-order valence-electron chi connectivity index (χ3n) is 2.66. The molecule has 4 nitrogen and oxygen atoms in total. The number of sulfonamides is 1. The number of hydrogen-bond acceptors (Lipinski definition) is 3. The van der Waals surface area contributed by atoms with E-state index in [2.05, 4.69) is 10.0 Å². The standard InChI is InChI=1S/C10H12FIN2O2S/c11-8-2-1-3-9(10(8)12)14-17(15,16)7-4-5-13-6-7/h1-3,7,13-14H,4-6H2. The van der Waals surface area contributed by atoms with Crippen LogP contribution in [0.25, 0.3) is 0 Å². The van der Waals surface area contributed by atoms with Crippen LogP contribution in [0.5, 0.6) is 0 Å². The van der Waals surface area contributed by atoms with Crippen molar-refractivity contribution in [1.29, 1.82) is 0 Å². The second-order valence-electron chi connectivity index (χ2n) is 3.86. The van der Waals surface area contributed by atoms with Gasteiger partial charge < -0.3 is 5.32 Å². The fourth-order valence-electron chi connectivity index (χ4n) is 1.71. The van der Waals surface area contributed by atoms with Crippen LogP contribution < -0.4 is 10.0 Å². The molecule has 0 aromatic heterocycles. The number of nitrogens with one attached hydrogen (secondary N) is 2. The zero-order valence-electron chi connectivity index (χ0n) is 8.91. The zero-order valence-corrected chi connectivity index (χ0v) is 11.9. The number of benzene rings is 1. The molecule has 0 amide bonds. The van der Waals surface area contributed by atoms with Gasteiger partial charge in [0, 0.05) is 6.54 Å². The van der Waals surface area contributed by atoms with Crippen molar-refractivity contribution in [3.8, 4) is 0 Å². The molecule has 94 valence electrons. The van der Waals surface area contributed by atoms with Gasteiger partial charge in [0.15, 0.2) is 0 Å². The highest BCUT2D eigenvalue weighted by Crippen LogP contribution is 2.23. The Hall–Kier alpha value is -0.410. The van der Waals surface area contributed by atoms with Crippen molar-refractivity contribution in [3.63, 3.8) is 0 Å². The average molecular weight is 370 g/mol. The first-order chi connectivity index (χ1) is 8.00. The highest BCUT2D eigenvalue weighted by atomic mass is 127. The van der Waals surface area contributed by atoms with Gasteiger partial charge in [-0.05, 0) is 47.7 Å². The first kappa shape index (κ1) is 13.0. The maximum absolute atomic E-state index is 13.3. The van der Waals surface area contributed by atoms with E-state index in [0.29, 0.717) is 28.8 Å². The summed E-state index contributed by atoms with van der Waals surface area (Å²) in [5, 5.41) is 2.55. The van der Waals surface area contributed by atoms with E-state index in [1.165, 1.54) is 12.1 Å². The summed E-state index contributed by atoms with van der Waals surface area (Å²) in [6.07, 6.45) is 0.585. The Morgan fingerprint density at radius 2 is 2.24 bits per heavy atom. The van der Waals surface area contributed by atoms with Crippen molar-refractivity contribution in [1.82, 2.24) is 5.32 Å². The molecule has 1 saturated heterocycles. The minimum Gasteiger partial charge on any atom is -0.315 e. The van der Waals surface area contributed by atoms with Gasteiger partial charge in [-0.3, -0.25) is 4.72 Å². The molecular formula is C10H12FIN2O2S. The van der Waals surface area contributed by atoms with Gasteiger partial charge in [-0.2, -0.15) is 0 Å². The summed E-state index contributed by atoms with van der Waals surface area (Å²) in [5.41, 5.74) is 0.303. The van der Waals surface area contributed by atoms with Gasteiger partial charge >= 0.3 is 0 Å². The molecule has 1 aliphatic heterocycles. The fourth-order valence-corrected chi connectivity index (χ4v) is 3.80. The summed E-state index contributed by atoms with van der Waals surface area (Å²) in [7, 11) is -3.44. The lowest BCUT2D eigenvalue weighted by atomic mass is 10.3. The van der Waals surface area contributed by atoms with Crippen LogP contribution in [0.15, 0.2) is 18.2 Å². The van der Waals surface area contributed by atoms with Crippen molar-refractivity contribution >= 4 is 38.3 Å². The molecule has 17 heavy (non-hydrogen) atoms. The first-order valence-electron chi connectivity index (χ1n) is 5.17. The quantitative estimate of drug-likeness (QED) is 0.794. The molecule has 1 heterocycles. The molecule has 2 N–H and O–H groups in total. The third-order valence-corrected chi connectivity index (χ3v) is 5.54. The molecule has 2 rings (SSSR count). The van der Waals surface area contributed by atoms with E-state index < -0.39 is 21.1 Å². The van der Waals surface area contributed by atoms with E-state index in [-0.39, 0.29) is 0 Å². The topological polar surface area (TPSA) is 58.2 Å². The summed E-state index contributed by atoms with van der Waals surface area (Å²) in [6, 6.07) is 4.35. The first-order valence-corrected chi connectivity index (χ1v) is 7.79. The second-order valence-corrected chi connectivity index (χ2v) is 6.90. The Morgan fingerprint density at radius 3 is 2.88 bits per heavy atom. The van der Waals surface area contributed by atoms with E-state index in [9.17, 15) is 12.8 Å². The summed E-state index contributed by atoms with van der Waals surface area (Å²) >= 11 is 1.79. The van der Waals surface area contributed by atoms with E-state index in [0.717, 1.165) is 0 Å². The minimum atomic E-state index is -3.44. The summed E-state index contributed by atoms with van der Waals surface area (Å²) in [4.78, 5) is 0. The lowest BCUT2D eigenvalue weighted by Gasteiger charge is -2.14. The molecule has 1 atom stereocenters. The summed E-state index contributed by atoms with van der Waals surface area (Å²) in [6.45, 7) is 1.15. The lowest BCUT2D eigenvalue weighted by molar-refractivity contribution is 0.588. The molecule has 1 aromatic carbocycles. The molecule has 1 aromatic rings. The van der Waals surface area contributed by atoms with Gasteiger partial charge in [-0.25, -0.2) is 12.8 Å². The van der Waals surface area contributed by atoms with Crippen molar-refractivity contribution in [2.45, 2.75) is 11.7 Å². The van der Waals surface area contributed by atoms with Crippen LogP contribution in [-0.2, 0) is 10.0 Å². The van der Waals surface area contributed by atoms with E-state index in [1.54, 1.807) is 28.7 Å². The molecule has 0 bridgehead atoms. The summed E-state index contributed by atoms with van der Waals surface area (Å²) < 4.78 is 40.0. The number of halogens is 2. The van der Waals surface area contributed by atoms with Crippen LogP contribution in [0.4, 0.5) is 10.1 Å². The van der Waals surface area contributed by atoms with E-state index in [1.807, 2.05) is 0 Å². The predicted molar refractivity (Wildman–Crippen MR) is 72.9 cm³/mol. The third kappa shape index (κ3) is 2.89. The Bertz CT molecular complexity index is 515. The van der Waals surface area contributed by atoms with Gasteiger partial charge in [0.05, 0.1) is 14.5 Å². The van der Waals surface area contributed by atoms with Crippen LogP contribution in [-0.4, -0.2) is 26.8 Å². The van der Waals surface area contributed by atoms with Crippen molar-refractivity contribution in [3.05, 3.63) is 27.6 Å².